The van der Waals surface area contributed by atoms with Crippen LogP contribution in [0.25, 0.3) is 0 Å². The van der Waals surface area contributed by atoms with Crippen molar-refractivity contribution in [3.63, 3.8) is 0 Å². The number of halogens is 1. The van der Waals surface area contributed by atoms with Gasteiger partial charge >= 0.3 is 0 Å². The van der Waals surface area contributed by atoms with Crippen LogP contribution in [0.5, 0.6) is 0 Å². The molecular weight excluding hydrogens is 276 g/mol. The van der Waals surface area contributed by atoms with Gasteiger partial charge in [0.25, 0.3) is 5.91 Å². The summed E-state index contributed by atoms with van der Waals surface area (Å²) < 4.78 is 6.07. The third kappa shape index (κ3) is 4.61. The zero-order valence-corrected chi connectivity index (χ0v) is 13.6. The second kappa shape index (κ2) is 8.85. The van der Waals surface area contributed by atoms with Gasteiger partial charge in [-0.3, -0.25) is 4.79 Å². The largest absolute Gasteiger partial charge is 0.365 e. The van der Waals surface area contributed by atoms with E-state index in [-0.39, 0.29) is 24.4 Å². The van der Waals surface area contributed by atoms with Gasteiger partial charge in [-0.2, -0.15) is 0 Å². The molecule has 2 rings (SSSR count). The molecule has 118 valence electrons. The SMILES string of the molecule is CCC(OC1CCCCC1)C(=O)N(C)C1CCNC1.Cl. The maximum Gasteiger partial charge on any atom is 0.251 e. The van der Waals surface area contributed by atoms with Gasteiger partial charge in [0, 0.05) is 19.6 Å². The molecule has 0 radical (unpaired) electrons. The molecule has 1 N–H and O–H groups in total. The molecule has 1 heterocycles. The second-order valence-corrected chi connectivity index (χ2v) is 5.89. The molecule has 1 aliphatic carbocycles. The first-order valence-electron chi connectivity index (χ1n) is 7.85. The van der Waals surface area contributed by atoms with Crippen LogP contribution in [0.1, 0.15) is 51.9 Å². The molecule has 4 nitrogen and oxygen atoms in total. The molecule has 2 unspecified atom stereocenters. The predicted molar refractivity (Wildman–Crippen MR) is 83.3 cm³/mol. The van der Waals surface area contributed by atoms with Crippen LogP contribution in [-0.4, -0.2) is 49.2 Å². The molecule has 5 heteroatoms. The molecule has 1 amide bonds. The van der Waals surface area contributed by atoms with E-state index in [2.05, 4.69) is 5.32 Å². The highest BCUT2D eigenvalue weighted by Gasteiger charge is 2.30. The topological polar surface area (TPSA) is 41.6 Å². The number of hydrogen-bond acceptors (Lipinski definition) is 3. The van der Waals surface area contributed by atoms with Crippen molar-refractivity contribution in [1.82, 2.24) is 10.2 Å². The Kier molecular flexibility index (Phi) is 7.85. The van der Waals surface area contributed by atoms with E-state index in [0.717, 1.165) is 38.8 Å². The molecule has 0 bridgehead atoms. The number of hydrogen-bond donors (Lipinski definition) is 1. The summed E-state index contributed by atoms with van der Waals surface area (Å²) in [7, 11) is 1.92. The molecule has 2 aliphatic rings. The third-order valence-corrected chi connectivity index (χ3v) is 4.48. The van der Waals surface area contributed by atoms with E-state index in [1.54, 1.807) is 0 Å². The van der Waals surface area contributed by atoms with Crippen LogP contribution in [0.15, 0.2) is 0 Å². The molecule has 2 fully saturated rings. The summed E-state index contributed by atoms with van der Waals surface area (Å²) in [6, 6.07) is 0.344. The van der Waals surface area contributed by atoms with E-state index < -0.39 is 0 Å². The summed E-state index contributed by atoms with van der Waals surface area (Å²) in [5.41, 5.74) is 0. The minimum Gasteiger partial charge on any atom is -0.365 e. The Morgan fingerprint density at radius 2 is 2.00 bits per heavy atom. The number of amides is 1. The number of ether oxygens (including phenoxy) is 1. The average Bonchev–Trinajstić information content (AvgIpc) is 2.98. The van der Waals surface area contributed by atoms with E-state index in [1.807, 2.05) is 18.9 Å². The Morgan fingerprint density at radius 1 is 1.30 bits per heavy atom. The minimum atomic E-state index is -0.242. The molecular formula is C15H29ClN2O2. The van der Waals surface area contributed by atoms with Crippen LogP contribution in [0, 0.1) is 0 Å². The predicted octanol–water partition coefficient (Wildman–Crippen LogP) is 2.36. The molecule has 0 aromatic rings. The van der Waals surface area contributed by atoms with Gasteiger partial charge in [-0.1, -0.05) is 26.2 Å². The van der Waals surface area contributed by atoms with Crippen LogP contribution in [0.2, 0.25) is 0 Å². The number of nitrogens with zero attached hydrogens (tertiary/aromatic N) is 1. The van der Waals surface area contributed by atoms with Gasteiger partial charge in [-0.05, 0) is 32.2 Å². The Balaban J connectivity index is 0.00000200. The summed E-state index contributed by atoms with van der Waals surface area (Å²) in [6.07, 6.45) is 7.96. The van der Waals surface area contributed by atoms with E-state index in [4.69, 9.17) is 4.74 Å². The molecule has 1 saturated carbocycles. The van der Waals surface area contributed by atoms with Crippen LogP contribution in [0.3, 0.4) is 0 Å². The van der Waals surface area contributed by atoms with Gasteiger partial charge < -0.3 is 15.0 Å². The number of carbonyl (C=O) groups excluding carboxylic acids is 1. The molecule has 20 heavy (non-hydrogen) atoms. The van der Waals surface area contributed by atoms with Crippen molar-refractivity contribution < 1.29 is 9.53 Å². The zero-order chi connectivity index (χ0) is 13.7. The van der Waals surface area contributed by atoms with Gasteiger partial charge in [-0.25, -0.2) is 0 Å². The molecule has 0 spiro atoms. The first-order valence-corrected chi connectivity index (χ1v) is 7.85. The third-order valence-electron chi connectivity index (χ3n) is 4.48. The van der Waals surface area contributed by atoms with Crippen molar-refractivity contribution in [2.24, 2.45) is 0 Å². The lowest BCUT2D eigenvalue weighted by molar-refractivity contribution is -0.149. The second-order valence-electron chi connectivity index (χ2n) is 5.89. The van der Waals surface area contributed by atoms with Gasteiger partial charge in [0.05, 0.1) is 6.10 Å². The Bertz CT molecular complexity index is 290. The number of likely N-dealkylation sites (N-methyl/N-ethyl adjacent to an activating group) is 1. The van der Waals surface area contributed by atoms with E-state index in [9.17, 15) is 4.79 Å². The first-order chi connectivity index (χ1) is 9.22. The number of rotatable bonds is 5. The number of nitrogens with one attached hydrogen (secondary N) is 1. The lowest BCUT2D eigenvalue weighted by atomic mass is 9.97. The fourth-order valence-corrected chi connectivity index (χ4v) is 3.14. The normalized spacial score (nSPS) is 25.0. The lowest BCUT2D eigenvalue weighted by Gasteiger charge is -2.31. The quantitative estimate of drug-likeness (QED) is 0.848. The molecule has 0 aromatic heterocycles. The highest BCUT2D eigenvalue weighted by molar-refractivity contribution is 5.85. The van der Waals surface area contributed by atoms with Crippen molar-refractivity contribution >= 4 is 18.3 Å². The fourth-order valence-electron chi connectivity index (χ4n) is 3.14. The average molecular weight is 305 g/mol. The summed E-state index contributed by atoms with van der Waals surface area (Å²) in [6.45, 7) is 3.98. The van der Waals surface area contributed by atoms with E-state index in [1.165, 1.54) is 19.3 Å². The van der Waals surface area contributed by atoms with Gasteiger partial charge in [0.2, 0.25) is 0 Å². The smallest absolute Gasteiger partial charge is 0.251 e. The Hall–Kier alpha value is -0.320. The summed E-state index contributed by atoms with van der Waals surface area (Å²) >= 11 is 0. The summed E-state index contributed by atoms with van der Waals surface area (Å²) in [5, 5.41) is 3.31. The lowest BCUT2D eigenvalue weighted by Crippen LogP contribution is -2.45. The Labute approximate surface area is 129 Å². The highest BCUT2D eigenvalue weighted by atomic mass is 35.5. The van der Waals surface area contributed by atoms with Crippen molar-refractivity contribution in [3.05, 3.63) is 0 Å². The molecule has 0 aromatic carbocycles. The van der Waals surface area contributed by atoms with Gasteiger partial charge in [0.1, 0.15) is 6.10 Å². The van der Waals surface area contributed by atoms with Crippen LogP contribution in [0.4, 0.5) is 0 Å². The van der Waals surface area contributed by atoms with E-state index >= 15 is 0 Å². The van der Waals surface area contributed by atoms with Crippen molar-refractivity contribution in [1.29, 1.82) is 0 Å². The molecule has 2 atom stereocenters. The number of carbonyl (C=O) groups is 1. The van der Waals surface area contributed by atoms with Gasteiger partial charge in [0.15, 0.2) is 0 Å². The standard InChI is InChI=1S/C15H28N2O2.ClH/c1-3-14(19-13-7-5-4-6-8-13)15(18)17(2)12-9-10-16-11-12;/h12-14,16H,3-11H2,1-2H3;1H. The summed E-state index contributed by atoms with van der Waals surface area (Å²) in [5.74, 6) is 0.168. The first kappa shape index (κ1) is 17.7. The zero-order valence-electron chi connectivity index (χ0n) is 12.8. The summed E-state index contributed by atoms with van der Waals surface area (Å²) in [4.78, 5) is 14.4. The van der Waals surface area contributed by atoms with Crippen molar-refractivity contribution in [3.8, 4) is 0 Å². The van der Waals surface area contributed by atoms with Crippen LogP contribution >= 0.6 is 12.4 Å². The van der Waals surface area contributed by atoms with Crippen LogP contribution < -0.4 is 5.32 Å². The van der Waals surface area contributed by atoms with E-state index in [0.29, 0.717) is 12.1 Å². The maximum atomic E-state index is 12.5. The minimum absolute atomic E-state index is 0. The maximum absolute atomic E-state index is 12.5. The van der Waals surface area contributed by atoms with Crippen LogP contribution in [-0.2, 0) is 9.53 Å². The monoisotopic (exact) mass is 304 g/mol. The molecule has 1 aliphatic heterocycles. The Morgan fingerprint density at radius 3 is 2.55 bits per heavy atom. The van der Waals surface area contributed by atoms with Crippen molar-refractivity contribution in [2.75, 3.05) is 20.1 Å². The fraction of sp³-hybridized carbons (Fsp3) is 0.933. The highest BCUT2D eigenvalue weighted by Crippen LogP contribution is 2.23. The molecule has 1 saturated heterocycles. The van der Waals surface area contributed by atoms with Gasteiger partial charge in [-0.15, -0.1) is 12.4 Å². The van der Waals surface area contributed by atoms with Crippen molar-refractivity contribution in [2.45, 2.75) is 70.1 Å².